The average Bonchev–Trinajstić information content (AvgIpc) is 2.45. The minimum atomic E-state index is -0.155. The first kappa shape index (κ1) is 15.5. The number of aliphatic hydroxyl groups is 1. The quantitative estimate of drug-likeness (QED) is 0.857. The van der Waals surface area contributed by atoms with Crippen LogP contribution in [0, 0.1) is 5.92 Å². The Morgan fingerprint density at radius 1 is 1.14 bits per heavy atom. The van der Waals surface area contributed by atoms with E-state index in [-0.39, 0.29) is 18.6 Å². The number of benzene rings is 2. The number of carbonyl (C=O) groups is 1. The minimum absolute atomic E-state index is 0.0123. The van der Waals surface area contributed by atoms with Crippen molar-refractivity contribution < 1.29 is 9.90 Å². The molecule has 0 aliphatic heterocycles. The molecule has 1 unspecified atom stereocenters. The van der Waals surface area contributed by atoms with Crippen LogP contribution < -0.4 is 5.32 Å². The number of nitrogens with one attached hydrogen (secondary N) is 1. The lowest BCUT2D eigenvalue weighted by Crippen LogP contribution is -2.39. The molecular formula is C18H23NO2. The largest absolute Gasteiger partial charge is 0.394 e. The molecule has 0 heterocycles. The molecule has 0 saturated carbocycles. The highest BCUT2D eigenvalue weighted by atomic mass is 16.3. The summed E-state index contributed by atoms with van der Waals surface area (Å²) in [4.78, 5) is 12.1. The SMILES string of the molecule is CC(C)CC(CO)NC(=O)Cc1ccc2ccccc2c1. The Bertz CT molecular complexity index is 607. The zero-order valence-corrected chi connectivity index (χ0v) is 12.7. The number of hydrogen-bond donors (Lipinski definition) is 2. The molecule has 0 spiro atoms. The molecule has 1 atom stereocenters. The Balaban J connectivity index is 2.00. The van der Waals surface area contributed by atoms with Gasteiger partial charge in [0.05, 0.1) is 19.1 Å². The van der Waals surface area contributed by atoms with Gasteiger partial charge in [-0.1, -0.05) is 56.3 Å². The zero-order chi connectivity index (χ0) is 15.2. The topological polar surface area (TPSA) is 49.3 Å². The first-order chi connectivity index (χ1) is 10.1. The van der Waals surface area contributed by atoms with Gasteiger partial charge in [-0.15, -0.1) is 0 Å². The molecule has 0 saturated heterocycles. The summed E-state index contributed by atoms with van der Waals surface area (Å²) >= 11 is 0. The van der Waals surface area contributed by atoms with Crippen molar-refractivity contribution in [3.8, 4) is 0 Å². The maximum absolute atomic E-state index is 12.1. The predicted molar refractivity (Wildman–Crippen MR) is 86.1 cm³/mol. The normalized spacial score (nSPS) is 12.6. The highest BCUT2D eigenvalue weighted by Crippen LogP contribution is 2.16. The molecule has 21 heavy (non-hydrogen) atoms. The molecule has 112 valence electrons. The van der Waals surface area contributed by atoms with Gasteiger partial charge in [-0.2, -0.15) is 0 Å². The third kappa shape index (κ3) is 4.57. The lowest BCUT2D eigenvalue weighted by molar-refractivity contribution is -0.121. The van der Waals surface area contributed by atoms with Crippen LogP contribution in [0.3, 0.4) is 0 Å². The van der Waals surface area contributed by atoms with Gasteiger partial charge >= 0.3 is 0 Å². The molecule has 2 aromatic rings. The van der Waals surface area contributed by atoms with E-state index in [0.717, 1.165) is 17.4 Å². The monoisotopic (exact) mass is 285 g/mol. The third-order valence-corrected chi connectivity index (χ3v) is 3.52. The number of hydrogen-bond acceptors (Lipinski definition) is 2. The molecule has 0 aliphatic rings. The Kier molecular flexibility index (Phi) is 5.34. The summed E-state index contributed by atoms with van der Waals surface area (Å²) < 4.78 is 0. The van der Waals surface area contributed by atoms with Crippen LogP contribution in [0.5, 0.6) is 0 Å². The van der Waals surface area contributed by atoms with Crippen molar-refractivity contribution in [2.45, 2.75) is 32.7 Å². The summed E-state index contributed by atoms with van der Waals surface area (Å²) in [5.41, 5.74) is 0.993. The minimum Gasteiger partial charge on any atom is -0.394 e. The standard InChI is InChI=1S/C18H23NO2/c1-13(2)9-17(12-20)19-18(21)11-14-7-8-15-5-3-4-6-16(15)10-14/h3-8,10,13,17,20H,9,11-12H2,1-2H3,(H,19,21). The number of amides is 1. The second-order valence-electron chi connectivity index (χ2n) is 5.93. The third-order valence-electron chi connectivity index (χ3n) is 3.52. The summed E-state index contributed by atoms with van der Waals surface area (Å²) in [6.45, 7) is 4.15. The van der Waals surface area contributed by atoms with Gasteiger partial charge in [-0.25, -0.2) is 0 Å². The highest BCUT2D eigenvalue weighted by molar-refractivity contribution is 5.85. The van der Waals surface area contributed by atoms with Gasteiger partial charge in [0, 0.05) is 0 Å². The fourth-order valence-electron chi connectivity index (χ4n) is 2.56. The predicted octanol–water partition coefficient (Wildman–Crippen LogP) is 2.91. The molecule has 3 heteroatoms. The van der Waals surface area contributed by atoms with Gasteiger partial charge in [0.1, 0.15) is 0 Å². The van der Waals surface area contributed by atoms with Crippen LogP contribution in [-0.2, 0) is 11.2 Å². The van der Waals surface area contributed by atoms with Gasteiger partial charge < -0.3 is 10.4 Å². The van der Waals surface area contributed by atoms with Gasteiger partial charge in [0.15, 0.2) is 0 Å². The van der Waals surface area contributed by atoms with E-state index in [0.29, 0.717) is 12.3 Å². The van der Waals surface area contributed by atoms with E-state index in [1.165, 1.54) is 5.39 Å². The molecule has 0 fully saturated rings. The van der Waals surface area contributed by atoms with Gasteiger partial charge in [0.2, 0.25) is 5.91 Å². The summed E-state index contributed by atoms with van der Waals surface area (Å²) in [5, 5.41) is 14.5. The van der Waals surface area contributed by atoms with Crippen LogP contribution >= 0.6 is 0 Å². The van der Waals surface area contributed by atoms with Crippen molar-refractivity contribution >= 4 is 16.7 Å². The van der Waals surface area contributed by atoms with E-state index in [1.807, 2.05) is 36.4 Å². The van der Waals surface area contributed by atoms with Crippen molar-refractivity contribution in [3.05, 3.63) is 48.0 Å². The molecule has 2 N–H and O–H groups in total. The van der Waals surface area contributed by atoms with E-state index in [2.05, 4.69) is 25.2 Å². The molecule has 2 aromatic carbocycles. The second kappa shape index (κ2) is 7.23. The lowest BCUT2D eigenvalue weighted by Gasteiger charge is -2.18. The Labute approximate surface area is 126 Å². The lowest BCUT2D eigenvalue weighted by atomic mass is 10.0. The molecule has 1 amide bonds. The van der Waals surface area contributed by atoms with Gasteiger partial charge in [-0.3, -0.25) is 4.79 Å². The molecule has 0 aromatic heterocycles. The van der Waals surface area contributed by atoms with Crippen molar-refractivity contribution in [1.29, 1.82) is 0 Å². The summed E-state index contributed by atoms with van der Waals surface area (Å²) in [7, 11) is 0. The maximum atomic E-state index is 12.1. The van der Waals surface area contributed by atoms with E-state index in [9.17, 15) is 9.90 Å². The molecular weight excluding hydrogens is 262 g/mol. The van der Waals surface area contributed by atoms with E-state index >= 15 is 0 Å². The zero-order valence-electron chi connectivity index (χ0n) is 12.7. The Morgan fingerprint density at radius 3 is 2.52 bits per heavy atom. The highest BCUT2D eigenvalue weighted by Gasteiger charge is 2.13. The average molecular weight is 285 g/mol. The van der Waals surface area contributed by atoms with Gasteiger partial charge in [0.25, 0.3) is 0 Å². The van der Waals surface area contributed by atoms with Crippen LogP contribution in [0.15, 0.2) is 42.5 Å². The number of carbonyl (C=O) groups excluding carboxylic acids is 1. The first-order valence-corrected chi connectivity index (χ1v) is 7.46. The van der Waals surface area contributed by atoms with E-state index in [1.54, 1.807) is 0 Å². The van der Waals surface area contributed by atoms with Crippen molar-refractivity contribution in [1.82, 2.24) is 5.32 Å². The molecule has 2 rings (SSSR count). The maximum Gasteiger partial charge on any atom is 0.224 e. The van der Waals surface area contributed by atoms with E-state index in [4.69, 9.17) is 0 Å². The van der Waals surface area contributed by atoms with Crippen LogP contribution in [-0.4, -0.2) is 23.7 Å². The van der Waals surface area contributed by atoms with E-state index < -0.39 is 0 Å². The van der Waals surface area contributed by atoms with Gasteiger partial charge in [-0.05, 0) is 28.7 Å². The summed E-state index contributed by atoms with van der Waals surface area (Å²) in [5.74, 6) is 0.410. The van der Waals surface area contributed by atoms with Crippen LogP contribution in [0.2, 0.25) is 0 Å². The second-order valence-corrected chi connectivity index (χ2v) is 5.93. The molecule has 0 aliphatic carbocycles. The fourth-order valence-corrected chi connectivity index (χ4v) is 2.56. The molecule has 3 nitrogen and oxygen atoms in total. The smallest absolute Gasteiger partial charge is 0.224 e. The molecule has 0 bridgehead atoms. The summed E-state index contributed by atoms with van der Waals surface area (Å²) in [6.07, 6.45) is 1.14. The number of fused-ring (bicyclic) bond motifs is 1. The van der Waals surface area contributed by atoms with Crippen molar-refractivity contribution in [2.75, 3.05) is 6.61 Å². The number of aliphatic hydroxyl groups excluding tert-OH is 1. The van der Waals surface area contributed by atoms with Crippen LogP contribution in [0.25, 0.3) is 10.8 Å². The number of rotatable bonds is 6. The van der Waals surface area contributed by atoms with Crippen LogP contribution in [0.4, 0.5) is 0 Å². The van der Waals surface area contributed by atoms with Crippen LogP contribution in [0.1, 0.15) is 25.8 Å². The Morgan fingerprint density at radius 2 is 1.86 bits per heavy atom. The first-order valence-electron chi connectivity index (χ1n) is 7.46. The molecule has 0 radical (unpaired) electrons. The van der Waals surface area contributed by atoms with Crippen molar-refractivity contribution in [3.63, 3.8) is 0 Å². The fraction of sp³-hybridized carbons (Fsp3) is 0.389. The van der Waals surface area contributed by atoms with Crippen molar-refractivity contribution in [2.24, 2.45) is 5.92 Å². The summed E-state index contributed by atoms with van der Waals surface area (Å²) in [6, 6.07) is 14.0. The Hall–Kier alpha value is -1.87.